The van der Waals surface area contributed by atoms with Crippen LogP contribution < -0.4 is 4.57 Å². The van der Waals surface area contributed by atoms with E-state index in [9.17, 15) is 0 Å². The number of nitrogens with zero attached hydrogens (tertiary/aromatic N) is 3. The van der Waals surface area contributed by atoms with Crippen LogP contribution in [0.4, 0.5) is 0 Å². The van der Waals surface area contributed by atoms with Crippen molar-refractivity contribution in [2.75, 3.05) is 0 Å². The normalized spacial score (nSPS) is 10.2. The van der Waals surface area contributed by atoms with Gasteiger partial charge in [0.1, 0.15) is 6.54 Å². The molecule has 4 nitrogen and oxygen atoms in total. The fraction of sp³-hybridized carbons (Fsp3) is 0.222. The van der Waals surface area contributed by atoms with Gasteiger partial charge in [-0.1, -0.05) is 5.16 Å². The lowest BCUT2D eigenvalue weighted by atomic mass is 10.3. The van der Waals surface area contributed by atoms with Crippen molar-refractivity contribution in [1.29, 1.82) is 0 Å². The van der Waals surface area contributed by atoms with E-state index < -0.39 is 0 Å². The first-order valence-corrected chi connectivity index (χ1v) is 4.16. The molecule has 0 aromatic carbocycles. The van der Waals surface area contributed by atoms with Crippen LogP contribution in [0.3, 0.4) is 0 Å². The number of pyridine rings is 1. The minimum atomic E-state index is 0.559. The van der Waals surface area contributed by atoms with Crippen LogP contribution >= 0.6 is 0 Å². The zero-order valence-corrected chi connectivity index (χ0v) is 7.34. The Balaban J connectivity index is 2.33. The molecular weight excluding hydrogens is 166 g/mol. The lowest BCUT2D eigenvalue weighted by Gasteiger charge is -1.92. The van der Waals surface area contributed by atoms with Gasteiger partial charge >= 0.3 is 0 Å². The van der Waals surface area contributed by atoms with Crippen molar-refractivity contribution in [2.24, 2.45) is 0 Å². The Morgan fingerprint density at radius 1 is 1.38 bits per heavy atom. The summed E-state index contributed by atoms with van der Waals surface area (Å²) in [6.45, 7) is 3.05. The summed E-state index contributed by atoms with van der Waals surface area (Å²) >= 11 is 0. The molecule has 0 aliphatic heterocycles. The Morgan fingerprint density at radius 3 is 2.69 bits per heavy atom. The highest BCUT2D eigenvalue weighted by atomic mass is 16.5. The van der Waals surface area contributed by atoms with Crippen LogP contribution in [0, 0.1) is 0 Å². The number of aryl methyl sites for hydroxylation is 1. The second-order valence-electron chi connectivity index (χ2n) is 2.66. The molecule has 0 spiro atoms. The molecule has 66 valence electrons. The molecule has 0 amide bonds. The van der Waals surface area contributed by atoms with Gasteiger partial charge in [-0.2, -0.15) is 4.98 Å². The molecule has 0 atom stereocenters. The largest absolute Gasteiger partial charge is 0.334 e. The van der Waals surface area contributed by atoms with Gasteiger partial charge in [0, 0.05) is 12.1 Å². The maximum absolute atomic E-state index is 4.92. The lowest BCUT2D eigenvalue weighted by Crippen LogP contribution is -2.30. The predicted octanol–water partition coefficient (Wildman–Crippen LogP) is 1.04. The molecule has 2 aromatic rings. The molecular formula is C9H10N3O+. The van der Waals surface area contributed by atoms with E-state index in [1.807, 2.05) is 24.5 Å². The van der Waals surface area contributed by atoms with Crippen LogP contribution in [0.2, 0.25) is 0 Å². The highest BCUT2D eigenvalue weighted by Crippen LogP contribution is 2.12. The number of aromatic nitrogens is 3. The Bertz CT molecular complexity index is 366. The van der Waals surface area contributed by atoms with E-state index in [-0.39, 0.29) is 0 Å². The van der Waals surface area contributed by atoms with E-state index in [2.05, 4.69) is 21.6 Å². The summed E-state index contributed by atoms with van der Waals surface area (Å²) in [7, 11) is 0. The van der Waals surface area contributed by atoms with Gasteiger partial charge in [0.25, 0.3) is 5.89 Å². The molecule has 0 saturated carbocycles. The smallest absolute Gasteiger partial charge is 0.258 e. The van der Waals surface area contributed by atoms with Crippen molar-refractivity contribution in [1.82, 2.24) is 10.1 Å². The Labute approximate surface area is 75.8 Å². The van der Waals surface area contributed by atoms with E-state index in [1.165, 1.54) is 6.33 Å². The van der Waals surface area contributed by atoms with E-state index >= 15 is 0 Å². The van der Waals surface area contributed by atoms with Gasteiger partial charge in [-0.15, -0.1) is 0 Å². The first kappa shape index (κ1) is 7.91. The van der Waals surface area contributed by atoms with Crippen molar-refractivity contribution in [3.63, 3.8) is 0 Å². The second kappa shape index (κ2) is 3.35. The number of hydrogen-bond donors (Lipinski definition) is 0. The fourth-order valence-electron chi connectivity index (χ4n) is 1.11. The molecule has 2 aromatic heterocycles. The van der Waals surface area contributed by atoms with Crippen molar-refractivity contribution >= 4 is 0 Å². The highest BCUT2D eigenvalue weighted by molar-refractivity contribution is 5.49. The summed E-state index contributed by atoms with van der Waals surface area (Å²) in [5.74, 6) is 0.559. The predicted molar refractivity (Wildman–Crippen MR) is 45.6 cm³/mol. The fourth-order valence-corrected chi connectivity index (χ4v) is 1.11. The van der Waals surface area contributed by atoms with Gasteiger partial charge in [-0.05, 0) is 6.92 Å². The van der Waals surface area contributed by atoms with Crippen LogP contribution in [0.15, 0.2) is 35.4 Å². The van der Waals surface area contributed by atoms with Crippen LogP contribution in [-0.4, -0.2) is 10.1 Å². The third kappa shape index (κ3) is 1.56. The Kier molecular flexibility index (Phi) is 2.04. The first-order chi connectivity index (χ1) is 6.40. The van der Waals surface area contributed by atoms with E-state index in [1.54, 1.807) is 0 Å². The molecule has 0 unspecified atom stereocenters. The van der Waals surface area contributed by atoms with Crippen LogP contribution in [0.25, 0.3) is 11.5 Å². The van der Waals surface area contributed by atoms with Gasteiger partial charge in [0.05, 0.1) is 5.56 Å². The minimum Gasteiger partial charge on any atom is -0.334 e. The third-order valence-electron chi connectivity index (χ3n) is 1.86. The third-order valence-corrected chi connectivity index (χ3v) is 1.86. The van der Waals surface area contributed by atoms with Gasteiger partial charge in [-0.3, -0.25) is 0 Å². The molecule has 0 fully saturated rings. The van der Waals surface area contributed by atoms with Gasteiger partial charge < -0.3 is 4.52 Å². The molecule has 13 heavy (non-hydrogen) atoms. The molecule has 2 rings (SSSR count). The molecule has 4 heteroatoms. The minimum absolute atomic E-state index is 0.559. The second-order valence-corrected chi connectivity index (χ2v) is 2.66. The summed E-state index contributed by atoms with van der Waals surface area (Å²) in [6, 6.07) is 3.91. The van der Waals surface area contributed by atoms with E-state index in [4.69, 9.17) is 4.52 Å². The maximum atomic E-state index is 4.92. The molecule has 0 N–H and O–H groups in total. The van der Waals surface area contributed by atoms with Gasteiger partial charge in [-0.25, -0.2) is 4.57 Å². The molecule has 0 saturated heterocycles. The molecule has 0 radical (unpaired) electrons. The Hall–Kier alpha value is -1.71. The molecule has 0 aliphatic rings. The van der Waals surface area contributed by atoms with Crippen LogP contribution in [0.1, 0.15) is 6.92 Å². The monoisotopic (exact) mass is 176 g/mol. The zero-order valence-electron chi connectivity index (χ0n) is 7.34. The van der Waals surface area contributed by atoms with Crippen molar-refractivity contribution in [2.45, 2.75) is 13.5 Å². The standard InChI is InChI=1S/C9H10N3O/c1-2-12-5-3-8(4-6-12)9-10-7-11-13-9/h3-7H,2H2,1H3/q+1. The van der Waals surface area contributed by atoms with Crippen LogP contribution in [0.5, 0.6) is 0 Å². The summed E-state index contributed by atoms with van der Waals surface area (Å²) in [5.41, 5.74) is 0.946. The van der Waals surface area contributed by atoms with Crippen LogP contribution in [-0.2, 0) is 6.54 Å². The number of hydrogen-bond acceptors (Lipinski definition) is 3. The van der Waals surface area contributed by atoms with E-state index in [0.717, 1.165) is 12.1 Å². The molecule has 2 heterocycles. The van der Waals surface area contributed by atoms with E-state index in [0.29, 0.717) is 5.89 Å². The Morgan fingerprint density at radius 2 is 2.15 bits per heavy atom. The van der Waals surface area contributed by atoms with Crippen molar-refractivity contribution in [3.8, 4) is 11.5 Å². The summed E-state index contributed by atoms with van der Waals surface area (Å²) < 4.78 is 6.99. The summed E-state index contributed by atoms with van der Waals surface area (Å²) in [5, 5.41) is 3.55. The SMILES string of the molecule is CC[n+]1ccc(-c2ncno2)cc1. The quantitative estimate of drug-likeness (QED) is 0.642. The summed E-state index contributed by atoms with van der Waals surface area (Å²) in [4.78, 5) is 3.95. The number of rotatable bonds is 2. The lowest BCUT2D eigenvalue weighted by molar-refractivity contribution is -0.693. The van der Waals surface area contributed by atoms with Crippen molar-refractivity contribution < 1.29 is 9.09 Å². The average molecular weight is 176 g/mol. The summed E-state index contributed by atoms with van der Waals surface area (Å²) in [6.07, 6.45) is 5.37. The average Bonchev–Trinajstić information content (AvgIpc) is 2.71. The first-order valence-electron chi connectivity index (χ1n) is 4.16. The molecule has 0 bridgehead atoms. The molecule has 0 aliphatic carbocycles. The van der Waals surface area contributed by atoms with Gasteiger partial charge in [0.15, 0.2) is 18.7 Å². The van der Waals surface area contributed by atoms with Crippen molar-refractivity contribution in [3.05, 3.63) is 30.9 Å². The van der Waals surface area contributed by atoms with Gasteiger partial charge in [0.2, 0.25) is 0 Å². The zero-order chi connectivity index (χ0) is 9.10. The topological polar surface area (TPSA) is 42.8 Å². The maximum Gasteiger partial charge on any atom is 0.258 e. The highest BCUT2D eigenvalue weighted by Gasteiger charge is 2.04.